The zero-order valence-electron chi connectivity index (χ0n) is 20.0. The number of benzene rings is 1. The number of allylic oxidation sites excluding steroid dienone is 3. The fraction of sp³-hybridized carbons (Fsp3) is 0.560. The van der Waals surface area contributed by atoms with Crippen LogP contribution < -0.4 is 19.5 Å². The summed E-state index contributed by atoms with van der Waals surface area (Å²) in [6, 6.07) is 1.70. The molecule has 0 spiro atoms. The van der Waals surface area contributed by atoms with Crippen LogP contribution in [-0.2, 0) is 6.54 Å². The van der Waals surface area contributed by atoms with Gasteiger partial charge in [-0.25, -0.2) is 0 Å². The summed E-state index contributed by atoms with van der Waals surface area (Å²) in [4.78, 5) is 11.4. The molecule has 32 heavy (non-hydrogen) atoms. The number of carbonyl (C=O) groups excluding carboxylic acids is 1. The molecule has 1 aromatic carbocycles. The monoisotopic (exact) mass is 465 g/mol. The zero-order chi connectivity index (χ0) is 23.9. The molecule has 2 N–H and O–H groups in total. The maximum Gasteiger partial charge on any atom is 0.252 e. The predicted molar refractivity (Wildman–Crippen MR) is 128 cm³/mol. The molecular formula is C25H36ClNO5. The van der Waals surface area contributed by atoms with Crippen LogP contribution in [0.25, 0.3) is 0 Å². The van der Waals surface area contributed by atoms with E-state index >= 15 is 0 Å². The molecule has 6 nitrogen and oxygen atoms in total. The highest BCUT2D eigenvalue weighted by Crippen LogP contribution is 2.43. The van der Waals surface area contributed by atoms with Crippen molar-refractivity contribution in [3.63, 3.8) is 0 Å². The summed E-state index contributed by atoms with van der Waals surface area (Å²) in [5.74, 6) is 1.38. The third-order valence-corrected chi connectivity index (χ3v) is 5.95. The molecule has 0 fully saturated rings. The minimum absolute atomic E-state index is 0.136. The number of fused-ring (bicyclic) bond motifs is 1. The topological polar surface area (TPSA) is 77.0 Å². The highest BCUT2D eigenvalue weighted by Gasteiger charge is 2.28. The number of methoxy groups -OCH3 is 2. The van der Waals surface area contributed by atoms with Crippen molar-refractivity contribution in [3.8, 4) is 17.2 Å². The van der Waals surface area contributed by atoms with Gasteiger partial charge in [0.2, 0.25) is 5.75 Å². The smallest absolute Gasteiger partial charge is 0.252 e. The molecule has 1 atom stereocenters. The van der Waals surface area contributed by atoms with Gasteiger partial charge in [-0.2, -0.15) is 0 Å². The van der Waals surface area contributed by atoms with Gasteiger partial charge in [-0.1, -0.05) is 17.2 Å². The molecule has 0 saturated heterocycles. The van der Waals surface area contributed by atoms with Gasteiger partial charge in [0, 0.05) is 12.1 Å². The van der Waals surface area contributed by atoms with Gasteiger partial charge in [0.25, 0.3) is 5.91 Å². The van der Waals surface area contributed by atoms with Gasteiger partial charge in [-0.15, -0.1) is 11.6 Å². The third kappa shape index (κ3) is 6.91. The Kier molecular flexibility index (Phi) is 9.47. The SMILES string of the molecule is COc1cc2c(c(OC)c1OC/C=C(\C)CC/C=C(\C)CC[C@@H](O)C(C)(C)Cl)CNC2=O. The second-order valence-electron chi connectivity index (χ2n) is 8.72. The molecule has 0 radical (unpaired) electrons. The first-order valence-electron chi connectivity index (χ1n) is 11.0. The molecule has 0 aromatic heterocycles. The highest BCUT2D eigenvalue weighted by molar-refractivity contribution is 6.23. The molecule has 0 saturated carbocycles. The second kappa shape index (κ2) is 11.6. The van der Waals surface area contributed by atoms with Crippen LogP contribution in [0.4, 0.5) is 0 Å². The van der Waals surface area contributed by atoms with Gasteiger partial charge in [0.1, 0.15) is 6.61 Å². The molecule has 1 amide bonds. The van der Waals surface area contributed by atoms with E-state index in [1.165, 1.54) is 11.1 Å². The Balaban J connectivity index is 1.91. The number of ether oxygens (including phenoxy) is 3. The number of aliphatic hydroxyl groups is 1. The maximum atomic E-state index is 12.0. The van der Waals surface area contributed by atoms with Gasteiger partial charge >= 0.3 is 0 Å². The van der Waals surface area contributed by atoms with Crippen molar-refractivity contribution in [1.29, 1.82) is 0 Å². The van der Waals surface area contributed by atoms with Crippen LogP contribution in [0.1, 0.15) is 69.3 Å². The molecule has 1 aliphatic rings. The Hall–Kier alpha value is -2.18. The van der Waals surface area contributed by atoms with Crippen molar-refractivity contribution in [3.05, 3.63) is 40.5 Å². The van der Waals surface area contributed by atoms with Crippen molar-refractivity contribution >= 4 is 17.5 Å². The number of hydrogen-bond donors (Lipinski definition) is 2. The van der Waals surface area contributed by atoms with Crippen molar-refractivity contribution in [1.82, 2.24) is 5.32 Å². The van der Waals surface area contributed by atoms with Crippen LogP contribution in [0.2, 0.25) is 0 Å². The normalized spacial score (nSPS) is 15.3. The molecule has 0 unspecified atom stereocenters. The second-order valence-corrected chi connectivity index (χ2v) is 9.69. The summed E-state index contributed by atoms with van der Waals surface area (Å²) in [7, 11) is 3.11. The predicted octanol–water partition coefficient (Wildman–Crippen LogP) is 5.16. The van der Waals surface area contributed by atoms with E-state index in [2.05, 4.69) is 25.2 Å². The van der Waals surface area contributed by atoms with E-state index in [-0.39, 0.29) is 5.91 Å². The van der Waals surface area contributed by atoms with Crippen molar-refractivity contribution in [2.75, 3.05) is 20.8 Å². The lowest BCUT2D eigenvalue weighted by Crippen LogP contribution is -2.29. The highest BCUT2D eigenvalue weighted by atomic mass is 35.5. The third-order valence-electron chi connectivity index (χ3n) is 5.69. The van der Waals surface area contributed by atoms with E-state index in [0.29, 0.717) is 42.4 Å². The summed E-state index contributed by atoms with van der Waals surface area (Å²) in [5.41, 5.74) is 3.82. The van der Waals surface area contributed by atoms with Crippen molar-refractivity contribution < 1.29 is 24.1 Å². The molecule has 1 aromatic rings. The Morgan fingerprint density at radius 1 is 1.19 bits per heavy atom. The summed E-state index contributed by atoms with van der Waals surface area (Å²) in [6.45, 7) is 8.61. The Labute approximate surface area is 196 Å². The van der Waals surface area contributed by atoms with Crippen LogP contribution in [-0.4, -0.2) is 42.8 Å². The summed E-state index contributed by atoms with van der Waals surface area (Å²) >= 11 is 6.16. The van der Waals surface area contributed by atoms with Gasteiger partial charge in [0.15, 0.2) is 11.5 Å². The largest absolute Gasteiger partial charge is 0.493 e. The van der Waals surface area contributed by atoms with Gasteiger partial charge in [-0.3, -0.25) is 4.79 Å². The Morgan fingerprint density at radius 2 is 1.88 bits per heavy atom. The zero-order valence-corrected chi connectivity index (χ0v) is 20.8. The van der Waals surface area contributed by atoms with Crippen LogP contribution in [0.15, 0.2) is 29.4 Å². The quantitative estimate of drug-likeness (QED) is 0.329. The lowest BCUT2D eigenvalue weighted by atomic mass is 9.98. The van der Waals surface area contributed by atoms with Gasteiger partial charge in [-0.05, 0) is 65.5 Å². The van der Waals surface area contributed by atoms with E-state index in [1.807, 2.05) is 19.9 Å². The Morgan fingerprint density at radius 3 is 2.50 bits per heavy atom. The molecule has 1 heterocycles. The molecule has 7 heteroatoms. The lowest BCUT2D eigenvalue weighted by molar-refractivity contribution is 0.0965. The van der Waals surface area contributed by atoms with Gasteiger partial charge < -0.3 is 24.6 Å². The fourth-order valence-corrected chi connectivity index (χ4v) is 3.64. The van der Waals surface area contributed by atoms with Crippen LogP contribution in [0.5, 0.6) is 17.2 Å². The first kappa shape index (κ1) is 26.1. The molecular weight excluding hydrogens is 430 g/mol. The average Bonchev–Trinajstić information content (AvgIpc) is 3.10. The number of rotatable bonds is 12. The van der Waals surface area contributed by atoms with E-state index < -0.39 is 11.0 Å². The molecule has 178 valence electrons. The minimum atomic E-state index is -0.601. The van der Waals surface area contributed by atoms with Gasteiger partial charge in [0.05, 0.1) is 30.8 Å². The number of amides is 1. The minimum Gasteiger partial charge on any atom is -0.493 e. The van der Waals surface area contributed by atoms with Crippen LogP contribution >= 0.6 is 11.6 Å². The number of halogens is 1. The van der Waals surface area contributed by atoms with Crippen LogP contribution in [0.3, 0.4) is 0 Å². The van der Waals surface area contributed by atoms with E-state index in [0.717, 1.165) is 24.8 Å². The molecule has 2 rings (SSSR count). The number of carbonyl (C=O) groups is 1. The summed E-state index contributed by atoms with van der Waals surface area (Å²) in [5, 5.41) is 12.9. The fourth-order valence-electron chi connectivity index (χ4n) is 3.53. The summed E-state index contributed by atoms with van der Waals surface area (Å²) < 4.78 is 17.0. The van der Waals surface area contributed by atoms with E-state index in [1.54, 1.807) is 20.3 Å². The van der Waals surface area contributed by atoms with Crippen molar-refractivity contribution in [2.24, 2.45) is 0 Å². The standard InChI is InChI=1S/C25H36ClNO5/c1-16(10-11-21(28)25(3,4)26)8-7-9-17(2)12-13-32-23-20(30-5)14-18-19(22(23)31-6)15-27-24(18)29/h8,12,14,21,28H,7,9-11,13,15H2,1-6H3,(H,27,29)/b16-8+,17-12+/t21-/m1/s1. The van der Waals surface area contributed by atoms with E-state index in [9.17, 15) is 9.90 Å². The maximum absolute atomic E-state index is 12.0. The summed E-state index contributed by atoms with van der Waals surface area (Å²) in [6.07, 6.45) is 7.06. The van der Waals surface area contributed by atoms with E-state index in [4.69, 9.17) is 25.8 Å². The van der Waals surface area contributed by atoms with Crippen LogP contribution in [0, 0.1) is 0 Å². The average molecular weight is 466 g/mol. The number of hydrogen-bond acceptors (Lipinski definition) is 5. The molecule has 0 bridgehead atoms. The first-order valence-corrected chi connectivity index (χ1v) is 11.3. The molecule has 0 aliphatic carbocycles. The molecule has 1 aliphatic heterocycles. The Bertz CT molecular complexity index is 870. The number of aliphatic hydroxyl groups excluding tert-OH is 1. The van der Waals surface area contributed by atoms with Crippen molar-refractivity contribution in [2.45, 2.75) is 70.9 Å². The number of alkyl halides is 1. The number of nitrogens with one attached hydrogen (secondary N) is 1. The lowest BCUT2D eigenvalue weighted by Gasteiger charge is -2.23. The first-order chi connectivity index (χ1) is 15.1.